The van der Waals surface area contributed by atoms with E-state index in [1.165, 1.54) is 4.90 Å². The summed E-state index contributed by atoms with van der Waals surface area (Å²) in [7, 11) is 0. The maximum Gasteiger partial charge on any atom is 0.261 e. The summed E-state index contributed by atoms with van der Waals surface area (Å²) >= 11 is 0. The van der Waals surface area contributed by atoms with Gasteiger partial charge in [-0.3, -0.25) is 14.5 Å². The molecule has 0 unspecified atom stereocenters. The Morgan fingerprint density at radius 3 is 2.00 bits per heavy atom. The third kappa shape index (κ3) is 3.78. The summed E-state index contributed by atoms with van der Waals surface area (Å²) < 4.78 is 0. The zero-order valence-corrected chi connectivity index (χ0v) is 17.5. The van der Waals surface area contributed by atoms with Crippen LogP contribution < -0.4 is 4.90 Å². The van der Waals surface area contributed by atoms with Crippen molar-refractivity contribution in [3.8, 4) is 0 Å². The Bertz CT molecular complexity index is 829. The first kappa shape index (κ1) is 20.4. The smallest absolute Gasteiger partial charge is 0.261 e. The van der Waals surface area contributed by atoms with Gasteiger partial charge in [-0.15, -0.1) is 0 Å². The average Bonchev–Trinajstić information content (AvgIpc) is 2.72. The number of hydrogen-bond acceptors (Lipinski definition) is 3. The van der Waals surface area contributed by atoms with Crippen LogP contribution in [0, 0.1) is 0 Å². The number of nitrogens with zero attached hydrogens (tertiary/aromatic N) is 2. The van der Waals surface area contributed by atoms with Crippen molar-refractivity contribution in [2.75, 3.05) is 24.5 Å². The minimum Gasteiger partial charge on any atom is -0.371 e. The maximum absolute atomic E-state index is 13.0. The van der Waals surface area contributed by atoms with Crippen LogP contribution in [0.5, 0.6) is 0 Å². The summed E-state index contributed by atoms with van der Waals surface area (Å²) in [4.78, 5) is 29.9. The fourth-order valence-electron chi connectivity index (χ4n) is 3.98. The summed E-state index contributed by atoms with van der Waals surface area (Å²) in [6.45, 7) is 8.97. The predicted octanol–water partition coefficient (Wildman–Crippen LogP) is 5.64. The summed E-state index contributed by atoms with van der Waals surface area (Å²) in [5.74, 6) is -0.301. The van der Waals surface area contributed by atoms with Crippen molar-refractivity contribution in [3.05, 3.63) is 41.5 Å². The highest BCUT2D eigenvalue weighted by molar-refractivity contribution is 6.26. The van der Waals surface area contributed by atoms with E-state index in [1.54, 1.807) is 0 Å². The van der Waals surface area contributed by atoms with Crippen LogP contribution in [-0.4, -0.2) is 36.3 Å². The monoisotopic (exact) mass is 380 g/mol. The zero-order chi connectivity index (χ0) is 20.1. The second-order valence-electron chi connectivity index (χ2n) is 7.67. The first-order valence-electron chi connectivity index (χ1n) is 10.8. The third-order valence-corrected chi connectivity index (χ3v) is 5.61. The minimum atomic E-state index is -0.151. The van der Waals surface area contributed by atoms with Crippen molar-refractivity contribution in [2.24, 2.45) is 0 Å². The molecule has 0 aliphatic carbocycles. The molecule has 0 atom stereocenters. The zero-order valence-electron chi connectivity index (χ0n) is 17.5. The van der Waals surface area contributed by atoms with Crippen LogP contribution in [-0.2, 0) is 0 Å². The van der Waals surface area contributed by atoms with E-state index in [9.17, 15) is 9.59 Å². The molecule has 2 aromatic carbocycles. The molecular weight excluding hydrogens is 348 g/mol. The van der Waals surface area contributed by atoms with Gasteiger partial charge in [0.15, 0.2) is 0 Å². The Kier molecular flexibility index (Phi) is 6.71. The predicted molar refractivity (Wildman–Crippen MR) is 116 cm³/mol. The second kappa shape index (κ2) is 9.22. The third-order valence-electron chi connectivity index (χ3n) is 5.61. The molecule has 2 amide bonds. The van der Waals surface area contributed by atoms with Gasteiger partial charge in [0, 0.05) is 47.2 Å². The van der Waals surface area contributed by atoms with Crippen molar-refractivity contribution < 1.29 is 9.59 Å². The van der Waals surface area contributed by atoms with Gasteiger partial charge in [-0.2, -0.15) is 0 Å². The lowest BCUT2D eigenvalue weighted by Crippen LogP contribution is -2.41. The summed E-state index contributed by atoms with van der Waals surface area (Å²) in [6.07, 6.45) is 6.35. The summed E-state index contributed by atoms with van der Waals surface area (Å²) in [5.41, 5.74) is 2.47. The molecule has 0 saturated carbocycles. The summed E-state index contributed by atoms with van der Waals surface area (Å²) in [5, 5.41) is 1.86. The molecule has 28 heavy (non-hydrogen) atoms. The van der Waals surface area contributed by atoms with E-state index in [0.717, 1.165) is 68.1 Å². The number of benzene rings is 2. The number of rotatable bonds is 10. The molecule has 4 nitrogen and oxygen atoms in total. The van der Waals surface area contributed by atoms with Crippen LogP contribution in [0.1, 0.15) is 80.0 Å². The van der Waals surface area contributed by atoms with Crippen molar-refractivity contribution in [2.45, 2.75) is 59.3 Å². The first-order chi connectivity index (χ1) is 13.6. The van der Waals surface area contributed by atoms with Gasteiger partial charge < -0.3 is 4.90 Å². The molecule has 4 heteroatoms. The number of carbonyl (C=O) groups is 2. The molecule has 3 rings (SSSR count). The number of amides is 2. The lowest BCUT2D eigenvalue weighted by molar-refractivity contribution is 0.0608. The molecule has 0 fully saturated rings. The number of unbranched alkanes of at least 4 members (excludes halogenated alkanes) is 3. The van der Waals surface area contributed by atoms with Crippen molar-refractivity contribution in [1.29, 1.82) is 0 Å². The highest BCUT2D eigenvalue weighted by Crippen LogP contribution is 2.36. The molecule has 150 valence electrons. The van der Waals surface area contributed by atoms with Crippen LogP contribution in [0.4, 0.5) is 5.69 Å². The number of hydrogen-bond donors (Lipinski definition) is 0. The van der Waals surface area contributed by atoms with E-state index in [-0.39, 0.29) is 11.8 Å². The number of anilines is 1. The van der Waals surface area contributed by atoms with Crippen LogP contribution in [0.3, 0.4) is 0 Å². The van der Waals surface area contributed by atoms with Gasteiger partial charge in [-0.1, -0.05) is 52.2 Å². The molecule has 0 radical (unpaired) electrons. The standard InChI is InChI=1S/C24H32N2O2/c1-4-7-15-25(16-8-5-2)21-14-13-20-22-18(21)11-10-12-19(22)23(27)26(24(20)28)17-9-6-3/h10-14H,4-9,15-17H2,1-3H3. The molecule has 0 saturated heterocycles. The lowest BCUT2D eigenvalue weighted by atomic mass is 9.92. The van der Waals surface area contributed by atoms with Crippen LogP contribution >= 0.6 is 0 Å². The molecule has 0 spiro atoms. The number of carbonyl (C=O) groups excluding carboxylic acids is 2. The fourth-order valence-corrected chi connectivity index (χ4v) is 3.98. The topological polar surface area (TPSA) is 40.6 Å². The highest BCUT2D eigenvalue weighted by Gasteiger charge is 2.33. The van der Waals surface area contributed by atoms with E-state index in [4.69, 9.17) is 0 Å². The largest absolute Gasteiger partial charge is 0.371 e. The molecule has 1 aliphatic heterocycles. The van der Waals surface area contributed by atoms with Crippen LogP contribution in [0.2, 0.25) is 0 Å². The van der Waals surface area contributed by atoms with E-state index in [2.05, 4.69) is 37.8 Å². The minimum absolute atomic E-state index is 0.151. The van der Waals surface area contributed by atoms with Gasteiger partial charge >= 0.3 is 0 Å². The summed E-state index contributed by atoms with van der Waals surface area (Å²) in [6, 6.07) is 9.89. The molecule has 0 aromatic heterocycles. The Balaban J connectivity index is 2.09. The Labute approximate surface area is 168 Å². The molecule has 2 aromatic rings. The van der Waals surface area contributed by atoms with E-state index >= 15 is 0 Å². The van der Waals surface area contributed by atoms with Crippen molar-refractivity contribution in [3.63, 3.8) is 0 Å². The lowest BCUT2D eigenvalue weighted by Gasteiger charge is -2.30. The Morgan fingerprint density at radius 2 is 1.39 bits per heavy atom. The average molecular weight is 381 g/mol. The SMILES string of the molecule is CCCCN1C(=O)c2cccc3c(N(CCCC)CCCC)ccc(c23)C1=O. The van der Waals surface area contributed by atoms with Gasteiger partial charge in [0.2, 0.25) is 0 Å². The molecular formula is C24H32N2O2. The Hall–Kier alpha value is -2.36. The van der Waals surface area contributed by atoms with Crippen molar-refractivity contribution in [1.82, 2.24) is 4.90 Å². The quantitative estimate of drug-likeness (QED) is 0.501. The normalized spacial score (nSPS) is 13.5. The number of imide groups is 1. The van der Waals surface area contributed by atoms with Gasteiger partial charge in [0.1, 0.15) is 0 Å². The van der Waals surface area contributed by atoms with Crippen molar-refractivity contribution >= 4 is 28.3 Å². The fraction of sp³-hybridized carbons (Fsp3) is 0.500. The first-order valence-corrected chi connectivity index (χ1v) is 10.8. The second-order valence-corrected chi connectivity index (χ2v) is 7.67. The van der Waals surface area contributed by atoms with E-state index in [1.807, 2.05) is 18.2 Å². The van der Waals surface area contributed by atoms with Gasteiger partial charge in [-0.05, 0) is 37.5 Å². The Morgan fingerprint density at radius 1 is 0.786 bits per heavy atom. The highest BCUT2D eigenvalue weighted by atomic mass is 16.2. The maximum atomic E-state index is 13.0. The van der Waals surface area contributed by atoms with Crippen LogP contribution in [0.15, 0.2) is 30.3 Å². The van der Waals surface area contributed by atoms with Gasteiger partial charge in [0.25, 0.3) is 11.8 Å². The van der Waals surface area contributed by atoms with Gasteiger partial charge in [-0.25, -0.2) is 0 Å². The molecule has 1 aliphatic rings. The molecule has 0 bridgehead atoms. The molecule has 0 N–H and O–H groups in total. The van der Waals surface area contributed by atoms with E-state index < -0.39 is 0 Å². The van der Waals surface area contributed by atoms with Crippen LogP contribution in [0.25, 0.3) is 10.8 Å². The van der Waals surface area contributed by atoms with Gasteiger partial charge in [0.05, 0.1) is 0 Å². The van der Waals surface area contributed by atoms with E-state index in [0.29, 0.717) is 17.7 Å². The molecule has 1 heterocycles.